The van der Waals surface area contributed by atoms with Gasteiger partial charge >= 0.3 is 0 Å². The molecule has 2 aromatic rings. The van der Waals surface area contributed by atoms with E-state index in [1.54, 1.807) is 12.1 Å². The standard InChI is InChI=1S/C23H31N3O3S/c1-25(2)30(28,29)22-9-7-8-21(16-22)23(27)24-17-19-10-12-20(13-11-19)18-26-14-5-3-4-6-15-26/h7-13,16H,3-6,14-15,17-18H2,1-2H3,(H,24,27). The van der Waals surface area contributed by atoms with Gasteiger partial charge in [-0.2, -0.15) is 0 Å². The van der Waals surface area contributed by atoms with Crippen molar-refractivity contribution in [3.63, 3.8) is 0 Å². The van der Waals surface area contributed by atoms with Crippen molar-refractivity contribution in [2.24, 2.45) is 0 Å². The molecule has 0 spiro atoms. The second-order valence-corrected chi connectivity index (χ2v) is 10.2. The number of carbonyl (C=O) groups is 1. The molecule has 1 N–H and O–H groups in total. The summed E-state index contributed by atoms with van der Waals surface area (Å²) in [7, 11) is -0.628. The fourth-order valence-electron chi connectivity index (χ4n) is 3.61. The van der Waals surface area contributed by atoms with Gasteiger partial charge in [-0.25, -0.2) is 12.7 Å². The minimum atomic E-state index is -3.57. The Labute approximate surface area is 179 Å². The number of nitrogens with zero attached hydrogens (tertiary/aromatic N) is 2. The van der Waals surface area contributed by atoms with Gasteiger partial charge in [0.1, 0.15) is 0 Å². The molecular formula is C23H31N3O3S. The largest absolute Gasteiger partial charge is 0.348 e. The van der Waals surface area contributed by atoms with E-state index < -0.39 is 10.0 Å². The predicted octanol–water partition coefficient (Wildman–Crippen LogP) is 3.24. The first-order valence-electron chi connectivity index (χ1n) is 10.5. The molecule has 0 unspecified atom stereocenters. The maximum Gasteiger partial charge on any atom is 0.251 e. The third-order valence-corrected chi connectivity index (χ3v) is 7.27. The first-order valence-corrected chi connectivity index (χ1v) is 11.9. The van der Waals surface area contributed by atoms with Gasteiger partial charge in [0.2, 0.25) is 10.0 Å². The van der Waals surface area contributed by atoms with Gasteiger partial charge in [-0.05, 0) is 55.3 Å². The molecule has 162 valence electrons. The molecule has 1 fully saturated rings. The number of likely N-dealkylation sites (tertiary alicyclic amines) is 1. The van der Waals surface area contributed by atoms with E-state index in [1.807, 2.05) is 12.1 Å². The van der Waals surface area contributed by atoms with Crippen LogP contribution in [-0.2, 0) is 23.1 Å². The van der Waals surface area contributed by atoms with Crippen molar-refractivity contribution < 1.29 is 13.2 Å². The number of hydrogen-bond acceptors (Lipinski definition) is 4. The zero-order chi connectivity index (χ0) is 21.6. The highest BCUT2D eigenvalue weighted by Gasteiger charge is 2.18. The van der Waals surface area contributed by atoms with Crippen LogP contribution in [0.25, 0.3) is 0 Å². The molecule has 6 nitrogen and oxygen atoms in total. The topological polar surface area (TPSA) is 69.7 Å². The first kappa shape index (κ1) is 22.5. The van der Waals surface area contributed by atoms with E-state index in [1.165, 1.54) is 70.6 Å². The molecule has 0 atom stereocenters. The van der Waals surface area contributed by atoms with Crippen LogP contribution in [0, 0.1) is 0 Å². The van der Waals surface area contributed by atoms with Gasteiger partial charge in [0.25, 0.3) is 5.91 Å². The van der Waals surface area contributed by atoms with Crippen molar-refractivity contribution in [1.29, 1.82) is 0 Å². The molecule has 1 aliphatic rings. The van der Waals surface area contributed by atoms with Crippen LogP contribution in [-0.4, -0.2) is 50.7 Å². The van der Waals surface area contributed by atoms with Crippen molar-refractivity contribution >= 4 is 15.9 Å². The Bertz CT molecular complexity index is 948. The van der Waals surface area contributed by atoms with Crippen LogP contribution >= 0.6 is 0 Å². The number of sulfonamides is 1. The lowest BCUT2D eigenvalue weighted by Gasteiger charge is -2.19. The van der Waals surface area contributed by atoms with Gasteiger partial charge in [0.15, 0.2) is 0 Å². The Hall–Kier alpha value is -2.22. The highest BCUT2D eigenvalue weighted by Crippen LogP contribution is 2.16. The van der Waals surface area contributed by atoms with Crippen molar-refractivity contribution in [2.45, 2.75) is 43.7 Å². The number of carbonyl (C=O) groups excluding carboxylic acids is 1. The second kappa shape index (κ2) is 10.2. The summed E-state index contributed by atoms with van der Waals surface area (Å²) in [6.07, 6.45) is 5.22. The lowest BCUT2D eigenvalue weighted by atomic mass is 10.1. The molecule has 1 amide bonds. The second-order valence-electron chi connectivity index (χ2n) is 8.00. The van der Waals surface area contributed by atoms with Crippen LogP contribution < -0.4 is 5.32 Å². The molecule has 2 aromatic carbocycles. The summed E-state index contributed by atoms with van der Waals surface area (Å²) in [5.41, 5.74) is 2.63. The minimum absolute atomic E-state index is 0.109. The Morgan fingerprint density at radius 3 is 2.23 bits per heavy atom. The molecule has 1 aliphatic heterocycles. The molecule has 0 saturated carbocycles. The van der Waals surface area contributed by atoms with Crippen molar-refractivity contribution in [3.8, 4) is 0 Å². The maximum absolute atomic E-state index is 12.5. The van der Waals surface area contributed by atoms with Gasteiger partial charge in [-0.15, -0.1) is 0 Å². The van der Waals surface area contributed by atoms with E-state index >= 15 is 0 Å². The molecule has 3 rings (SSSR count). The molecule has 30 heavy (non-hydrogen) atoms. The zero-order valence-corrected chi connectivity index (χ0v) is 18.6. The third kappa shape index (κ3) is 5.90. The predicted molar refractivity (Wildman–Crippen MR) is 119 cm³/mol. The maximum atomic E-state index is 12.5. The quantitative estimate of drug-likeness (QED) is 0.734. The van der Waals surface area contributed by atoms with Crippen molar-refractivity contribution in [2.75, 3.05) is 27.2 Å². The van der Waals surface area contributed by atoms with Crippen molar-refractivity contribution in [3.05, 3.63) is 65.2 Å². The van der Waals surface area contributed by atoms with Crippen LogP contribution in [0.2, 0.25) is 0 Å². The summed E-state index contributed by atoms with van der Waals surface area (Å²) in [6.45, 7) is 3.70. The Balaban J connectivity index is 1.57. The van der Waals surface area contributed by atoms with E-state index in [9.17, 15) is 13.2 Å². The lowest BCUT2D eigenvalue weighted by Crippen LogP contribution is -2.25. The molecule has 0 radical (unpaired) electrons. The number of amides is 1. The SMILES string of the molecule is CN(C)S(=O)(=O)c1cccc(C(=O)NCc2ccc(CN3CCCCCC3)cc2)c1. The Morgan fingerprint density at radius 1 is 0.967 bits per heavy atom. The summed E-state index contributed by atoms with van der Waals surface area (Å²) >= 11 is 0. The summed E-state index contributed by atoms with van der Waals surface area (Å²) in [5, 5.41) is 2.87. The molecular weight excluding hydrogens is 398 g/mol. The van der Waals surface area contributed by atoms with E-state index in [0.717, 1.165) is 16.4 Å². The number of benzene rings is 2. The van der Waals surface area contributed by atoms with Gasteiger partial charge in [-0.1, -0.05) is 43.2 Å². The third-order valence-electron chi connectivity index (χ3n) is 5.46. The van der Waals surface area contributed by atoms with Crippen LogP contribution in [0.15, 0.2) is 53.4 Å². The highest BCUT2D eigenvalue weighted by molar-refractivity contribution is 7.89. The lowest BCUT2D eigenvalue weighted by molar-refractivity contribution is 0.0950. The van der Waals surface area contributed by atoms with Crippen molar-refractivity contribution in [1.82, 2.24) is 14.5 Å². The van der Waals surface area contributed by atoms with Crippen LogP contribution in [0.4, 0.5) is 0 Å². The zero-order valence-electron chi connectivity index (χ0n) is 17.8. The smallest absolute Gasteiger partial charge is 0.251 e. The van der Waals surface area contributed by atoms with Crippen LogP contribution in [0.1, 0.15) is 47.2 Å². The van der Waals surface area contributed by atoms with E-state index in [0.29, 0.717) is 12.1 Å². The molecule has 1 saturated heterocycles. The number of rotatable bonds is 7. The van der Waals surface area contributed by atoms with Gasteiger partial charge < -0.3 is 5.32 Å². The molecule has 7 heteroatoms. The summed E-state index contributed by atoms with van der Waals surface area (Å²) in [5.74, 6) is -0.292. The van der Waals surface area contributed by atoms with Crippen LogP contribution in [0.3, 0.4) is 0 Å². The minimum Gasteiger partial charge on any atom is -0.348 e. The van der Waals surface area contributed by atoms with E-state index in [-0.39, 0.29) is 10.8 Å². The first-order chi connectivity index (χ1) is 14.4. The summed E-state index contributed by atoms with van der Waals surface area (Å²) in [4.78, 5) is 15.1. The van der Waals surface area contributed by atoms with Crippen LogP contribution in [0.5, 0.6) is 0 Å². The van der Waals surface area contributed by atoms with Gasteiger partial charge in [0.05, 0.1) is 4.90 Å². The van der Waals surface area contributed by atoms with Gasteiger partial charge in [0, 0.05) is 32.7 Å². The molecule has 1 heterocycles. The van der Waals surface area contributed by atoms with E-state index in [4.69, 9.17) is 0 Å². The summed E-state index contributed by atoms with van der Waals surface area (Å²) < 4.78 is 25.7. The highest BCUT2D eigenvalue weighted by atomic mass is 32.2. The monoisotopic (exact) mass is 429 g/mol. The number of nitrogens with one attached hydrogen (secondary N) is 1. The molecule has 0 aromatic heterocycles. The van der Waals surface area contributed by atoms with Gasteiger partial charge in [-0.3, -0.25) is 9.69 Å². The number of hydrogen-bond donors (Lipinski definition) is 1. The fraction of sp³-hybridized carbons (Fsp3) is 0.435. The summed E-state index contributed by atoms with van der Waals surface area (Å²) in [6, 6.07) is 14.4. The van der Waals surface area contributed by atoms with E-state index in [2.05, 4.69) is 22.3 Å². The average Bonchev–Trinajstić information content (AvgIpc) is 3.01. The normalized spacial score (nSPS) is 15.7. The molecule has 0 bridgehead atoms. The Morgan fingerprint density at radius 2 is 1.60 bits per heavy atom. The molecule has 0 aliphatic carbocycles. The average molecular weight is 430 g/mol. The Kier molecular flexibility index (Phi) is 7.64. The fourth-order valence-corrected chi connectivity index (χ4v) is 4.56.